The first kappa shape index (κ1) is 25.3. The highest BCUT2D eigenvalue weighted by atomic mass is 19.1. The van der Waals surface area contributed by atoms with Gasteiger partial charge in [0.2, 0.25) is 11.9 Å². The smallest absolute Gasteiger partial charge is 0.223 e. The minimum atomic E-state index is -0.490. The number of hydrogen-bond donors (Lipinski definition) is 1. The fraction of sp³-hybridized carbons (Fsp3) is 0.714. The molecule has 2 aliphatic heterocycles. The second kappa shape index (κ2) is 11.0. The number of carbonyl (C=O) groups is 1. The summed E-state index contributed by atoms with van der Waals surface area (Å²) in [6, 6.07) is 6.12. The SMILES string of the molecule is Cc1nnc(C(C)C)n1C1C[C@H]2CC[C@@H](C1)N2CC[C@H](NC(=O)C1CCCCC1)c1cccc(F)n1. The molecule has 4 heterocycles. The molecule has 7 nitrogen and oxygen atoms in total. The van der Waals surface area contributed by atoms with E-state index in [2.05, 4.69) is 50.7 Å². The highest BCUT2D eigenvalue weighted by molar-refractivity contribution is 5.79. The molecular formula is C28H41FN6O. The molecule has 36 heavy (non-hydrogen) atoms. The van der Waals surface area contributed by atoms with E-state index in [1.54, 1.807) is 6.07 Å². The molecule has 5 rings (SSSR count). The van der Waals surface area contributed by atoms with Crippen LogP contribution in [0, 0.1) is 18.8 Å². The van der Waals surface area contributed by atoms with Crippen molar-refractivity contribution in [3.05, 3.63) is 41.5 Å². The Morgan fingerprint density at radius 2 is 1.78 bits per heavy atom. The zero-order valence-electron chi connectivity index (χ0n) is 22.0. The number of aryl methyl sites for hydroxylation is 1. The van der Waals surface area contributed by atoms with E-state index >= 15 is 0 Å². The van der Waals surface area contributed by atoms with E-state index in [0.717, 1.165) is 63.1 Å². The van der Waals surface area contributed by atoms with Crippen LogP contribution in [0.3, 0.4) is 0 Å². The van der Waals surface area contributed by atoms with Gasteiger partial charge < -0.3 is 9.88 Å². The van der Waals surface area contributed by atoms with Crippen LogP contribution in [0.5, 0.6) is 0 Å². The van der Waals surface area contributed by atoms with Gasteiger partial charge in [-0.3, -0.25) is 9.69 Å². The van der Waals surface area contributed by atoms with Crippen molar-refractivity contribution in [2.75, 3.05) is 6.54 Å². The van der Waals surface area contributed by atoms with Crippen LogP contribution >= 0.6 is 0 Å². The molecule has 1 aliphatic carbocycles. The Hall–Kier alpha value is -2.35. The predicted octanol–water partition coefficient (Wildman–Crippen LogP) is 5.24. The number of fused-ring (bicyclic) bond motifs is 2. The largest absolute Gasteiger partial charge is 0.347 e. The minimum Gasteiger partial charge on any atom is -0.347 e. The maximum atomic E-state index is 14.0. The number of nitrogens with zero attached hydrogens (tertiary/aromatic N) is 5. The molecule has 4 atom stereocenters. The number of halogens is 1. The predicted molar refractivity (Wildman–Crippen MR) is 137 cm³/mol. The third kappa shape index (κ3) is 5.34. The molecule has 3 fully saturated rings. The molecular weight excluding hydrogens is 455 g/mol. The van der Waals surface area contributed by atoms with Gasteiger partial charge in [0.15, 0.2) is 0 Å². The molecule has 3 aliphatic rings. The summed E-state index contributed by atoms with van der Waals surface area (Å²) >= 11 is 0. The van der Waals surface area contributed by atoms with Gasteiger partial charge >= 0.3 is 0 Å². The molecule has 8 heteroatoms. The second-order valence-corrected chi connectivity index (χ2v) is 11.4. The number of hydrogen-bond acceptors (Lipinski definition) is 5. The first-order valence-corrected chi connectivity index (χ1v) is 14.0. The Kier molecular flexibility index (Phi) is 7.70. The average molecular weight is 497 g/mol. The van der Waals surface area contributed by atoms with Crippen LogP contribution in [0.1, 0.15) is 113 Å². The van der Waals surface area contributed by atoms with Gasteiger partial charge in [-0.05, 0) is 64.0 Å². The average Bonchev–Trinajstić information content (AvgIpc) is 3.37. The van der Waals surface area contributed by atoms with E-state index in [1.807, 2.05) is 6.07 Å². The highest BCUT2D eigenvalue weighted by Gasteiger charge is 2.42. The summed E-state index contributed by atoms with van der Waals surface area (Å²) in [7, 11) is 0. The summed E-state index contributed by atoms with van der Waals surface area (Å²) in [5.74, 6) is 2.15. The van der Waals surface area contributed by atoms with Crippen LogP contribution in [-0.2, 0) is 4.79 Å². The van der Waals surface area contributed by atoms with Crippen molar-refractivity contribution >= 4 is 5.91 Å². The summed E-state index contributed by atoms with van der Waals surface area (Å²) in [6.07, 6.45) is 10.7. The van der Waals surface area contributed by atoms with Crippen LogP contribution in [0.4, 0.5) is 4.39 Å². The maximum Gasteiger partial charge on any atom is 0.223 e. The van der Waals surface area contributed by atoms with Crippen LogP contribution in [-0.4, -0.2) is 49.2 Å². The fourth-order valence-corrected chi connectivity index (χ4v) is 6.90. The Balaban J connectivity index is 1.27. The monoisotopic (exact) mass is 496 g/mol. The zero-order chi connectivity index (χ0) is 25.2. The van der Waals surface area contributed by atoms with E-state index in [0.29, 0.717) is 29.7 Å². The fourth-order valence-electron chi connectivity index (χ4n) is 6.90. The lowest BCUT2D eigenvalue weighted by Crippen LogP contribution is -2.45. The van der Waals surface area contributed by atoms with Crippen molar-refractivity contribution < 1.29 is 9.18 Å². The van der Waals surface area contributed by atoms with Gasteiger partial charge in [0, 0.05) is 36.5 Å². The van der Waals surface area contributed by atoms with E-state index in [4.69, 9.17) is 0 Å². The molecule has 2 aromatic heterocycles. The summed E-state index contributed by atoms with van der Waals surface area (Å²) in [5.41, 5.74) is 0.628. The van der Waals surface area contributed by atoms with Crippen molar-refractivity contribution in [3.63, 3.8) is 0 Å². The second-order valence-electron chi connectivity index (χ2n) is 11.4. The number of aromatic nitrogens is 4. The van der Waals surface area contributed by atoms with Crippen molar-refractivity contribution in [1.82, 2.24) is 30.0 Å². The van der Waals surface area contributed by atoms with Gasteiger partial charge in [-0.2, -0.15) is 4.39 Å². The lowest BCUT2D eigenvalue weighted by Gasteiger charge is -2.40. The maximum absolute atomic E-state index is 14.0. The minimum absolute atomic E-state index is 0.0731. The van der Waals surface area contributed by atoms with E-state index in [1.165, 1.54) is 25.3 Å². The molecule has 1 N–H and O–H groups in total. The molecule has 2 saturated heterocycles. The topological polar surface area (TPSA) is 75.9 Å². The van der Waals surface area contributed by atoms with E-state index in [-0.39, 0.29) is 17.9 Å². The normalized spacial score (nSPS) is 25.9. The van der Waals surface area contributed by atoms with Gasteiger partial charge in [0.25, 0.3) is 0 Å². The van der Waals surface area contributed by atoms with E-state index < -0.39 is 5.95 Å². The third-order valence-electron chi connectivity index (χ3n) is 8.70. The molecule has 2 aromatic rings. The van der Waals surface area contributed by atoms with Gasteiger partial charge in [0.05, 0.1) is 11.7 Å². The van der Waals surface area contributed by atoms with Crippen LogP contribution < -0.4 is 5.32 Å². The molecule has 1 unspecified atom stereocenters. The highest BCUT2D eigenvalue weighted by Crippen LogP contribution is 2.42. The van der Waals surface area contributed by atoms with Crippen LogP contribution in [0.25, 0.3) is 0 Å². The van der Waals surface area contributed by atoms with Crippen molar-refractivity contribution in [2.45, 2.75) is 115 Å². The number of pyridine rings is 1. The number of piperidine rings is 1. The number of carbonyl (C=O) groups excluding carboxylic acids is 1. The summed E-state index contributed by atoms with van der Waals surface area (Å²) < 4.78 is 16.4. The van der Waals surface area contributed by atoms with Crippen LogP contribution in [0.15, 0.2) is 18.2 Å². The number of rotatable bonds is 8. The van der Waals surface area contributed by atoms with Gasteiger partial charge in [-0.25, -0.2) is 4.98 Å². The zero-order valence-corrected chi connectivity index (χ0v) is 22.0. The summed E-state index contributed by atoms with van der Waals surface area (Å²) in [4.78, 5) is 19.9. The van der Waals surface area contributed by atoms with Crippen LogP contribution in [0.2, 0.25) is 0 Å². The number of nitrogens with one attached hydrogen (secondary N) is 1. The standard InChI is InChI=1S/C28H41FN6O/c1-18(2)27-33-32-19(3)35(27)23-16-21-12-13-22(17-23)34(21)15-14-25(24-10-7-11-26(29)30-24)31-28(36)20-8-5-4-6-9-20/h7,10-11,18,20-23,25H,4-6,8-9,12-17H2,1-3H3,(H,31,36)/t21-,22+,23?,25-/m0/s1. The Morgan fingerprint density at radius 3 is 2.44 bits per heavy atom. The van der Waals surface area contributed by atoms with Gasteiger partial charge in [0.1, 0.15) is 11.6 Å². The van der Waals surface area contributed by atoms with Crippen molar-refractivity contribution in [2.24, 2.45) is 5.92 Å². The third-order valence-corrected chi connectivity index (χ3v) is 8.70. The first-order valence-electron chi connectivity index (χ1n) is 14.0. The quantitative estimate of drug-likeness (QED) is 0.506. The molecule has 0 spiro atoms. The Bertz CT molecular complexity index is 1030. The molecule has 2 bridgehead atoms. The Morgan fingerprint density at radius 1 is 1.06 bits per heavy atom. The summed E-state index contributed by atoms with van der Waals surface area (Å²) in [6.45, 7) is 7.32. The lowest BCUT2D eigenvalue weighted by molar-refractivity contribution is -0.126. The van der Waals surface area contributed by atoms with Crippen molar-refractivity contribution in [1.29, 1.82) is 0 Å². The lowest BCUT2D eigenvalue weighted by atomic mass is 9.88. The van der Waals surface area contributed by atoms with Gasteiger partial charge in [-0.15, -0.1) is 10.2 Å². The number of amides is 1. The Labute approximate surface area is 214 Å². The molecule has 196 valence electrons. The van der Waals surface area contributed by atoms with Crippen molar-refractivity contribution in [3.8, 4) is 0 Å². The molecule has 1 saturated carbocycles. The van der Waals surface area contributed by atoms with E-state index in [9.17, 15) is 9.18 Å². The van der Waals surface area contributed by atoms with Gasteiger partial charge in [-0.1, -0.05) is 39.2 Å². The molecule has 1 amide bonds. The molecule has 0 aromatic carbocycles. The summed E-state index contributed by atoms with van der Waals surface area (Å²) in [5, 5.41) is 12.1. The molecule has 0 radical (unpaired) electrons. The first-order chi connectivity index (χ1) is 17.4.